The fraction of sp³-hybridized carbons (Fsp3) is 0.0833. The highest BCUT2D eigenvalue weighted by atomic mass is 79.9. The average Bonchev–Trinajstić information content (AvgIpc) is 2.33. The molecule has 0 fully saturated rings. The van der Waals surface area contributed by atoms with Crippen LogP contribution in [0.4, 0.5) is 0 Å². The molecule has 86 valence electrons. The lowest BCUT2D eigenvalue weighted by atomic mass is 10.1. The van der Waals surface area contributed by atoms with Gasteiger partial charge >= 0.3 is 6.01 Å². The van der Waals surface area contributed by atoms with Crippen LogP contribution in [0.3, 0.4) is 0 Å². The molecule has 2 aromatic rings. The Morgan fingerprint density at radius 1 is 1.18 bits per heavy atom. The van der Waals surface area contributed by atoms with Gasteiger partial charge in [-0.3, -0.25) is 4.79 Å². The largest absolute Gasteiger partial charge is 0.424 e. The van der Waals surface area contributed by atoms with Crippen LogP contribution in [0.5, 0.6) is 11.8 Å². The molecule has 1 heterocycles. The lowest BCUT2D eigenvalue weighted by molar-refractivity contribution is 0.101. The zero-order valence-corrected chi connectivity index (χ0v) is 10.6. The number of ether oxygens (including phenoxy) is 1. The van der Waals surface area contributed by atoms with E-state index in [9.17, 15) is 4.79 Å². The van der Waals surface area contributed by atoms with Crippen LogP contribution in [0.25, 0.3) is 0 Å². The number of benzene rings is 1. The summed E-state index contributed by atoms with van der Waals surface area (Å²) in [5, 5.41) is 0. The third kappa shape index (κ3) is 3.10. The van der Waals surface area contributed by atoms with Crippen LogP contribution < -0.4 is 4.74 Å². The van der Waals surface area contributed by atoms with Gasteiger partial charge in [0.1, 0.15) is 5.75 Å². The molecule has 0 spiro atoms. The van der Waals surface area contributed by atoms with E-state index < -0.39 is 0 Å². The fourth-order valence-corrected chi connectivity index (χ4v) is 1.42. The topological polar surface area (TPSA) is 52.1 Å². The van der Waals surface area contributed by atoms with Crippen LogP contribution >= 0.6 is 15.9 Å². The molecule has 17 heavy (non-hydrogen) atoms. The summed E-state index contributed by atoms with van der Waals surface area (Å²) in [6, 6.07) is 7.10. The molecule has 1 aromatic carbocycles. The second-order valence-electron chi connectivity index (χ2n) is 3.37. The number of hydrogen-bond donors (Lipinski definition) is 0. The third-order valence-corrected chi connectivity index (χ3v) is 2.48. The number of nitrogens with zero attached hydrogens (tertiary/aromatic N) is 2. The zero-order valence-electron chi connectivity index (χ0n) is 9.05. The van der Waals surface area contributed by atoms with Crippen LogP contribution in [0, 0.1) is 0 Å². The molecule has 5 heteroatoms. The maximum absolute atomic E-state index is 11.1. The van der Waals surface area contributed by atoms with E-state index in [1.54, 1.807) is 36.7 Å². The number of halogens is 1. The molecule has 0 aliphatic carbocycles. The van der Waals surface area contributed by atoms with Crippen LogP contribution in [0.1, 0.15) is 17.3 Å². The first kappa shape index (κ1) is 11.7. The average molecular weight is 293 g/mol. The van der Waals surface area contributed by atoms with Gasteiger partial charge in [-0.25, -0.2) is 9.97 Å². The van der Waals surface area contributed by atoms with Crippen LogP contribution in [-0.4, -0.2) is 15.8 Å². The summed E-state index contributed by atoms with van der Waals surface area (Å²) in [6.45, 7) is 1.52. The van der Waals surface area contributed by atoms with Crippen LogP contribution in [0.2, 0.25) is 0 Å². The monoisotopic (exact) mass is 292 g/mol. The van der Waals surface area contributed by atoms with Crippen molar-refractivity contribution < 1.29 is 9.53 Å². The van der Waals surface area contributed by atoms with Gasteiger partial charge in [-0.15, -0.1) is 0 Å². The zero-order chi connectivity index (χ0) is 12.3. The minimum atomic E-state index is 0.0245. The summed E-state index contributed by atoms with van der Waals surface area (Å²) < 4.78 is 6.20. The van der Waals surface area contributed by atoms with Gasteiger partial charge < -0.3 is 4.74 Å². The Kier molecular flexibility index (Phi) is 3.49. The van der Waals surface area contributed by atoms with Crippen molar-refractivity contribution in [2.45, 2.75) is 6.92 Å². The van der Waals surface area contributed by atoms with Crippen molar-refractivity contribution in [2.24, 2.45) is 0 Å². The second-order valence-corrected chi connectivity index (χ2v) is 4.28. The van der Waals surface area contributed by atoms with E-state index in [0.717, 1.165) is 4.47 Å². The molecule has 2 rings (SSSR count). The first-order chi connectivity index (χ1) is 8.15. The number of carbonyl (C=O) groups is 1. The summed E-state index contributed by atoms with van der Waals surface area (Å²) in [4.78, 5) is 19.0. The van der Waals surface area contributed by atoms with Crippen LogP contribution in [-0.2, 0) is 0 Å². The van der Waals surface area contributed by atoms with Crippen molar-refractivity contribution in [1.82, 2.24) is 9.97 Å². The Morgan fingerprint density at radius 2 is 1.76 bits per heavy atom. The summed E-state index contributed by atoms with van der Waals surface area (Å²) in [7, 11) is 0. The minimum Gasteiger partial charge on any atom is -0.424 e. The number of aromatic nitrogens is 2. The van der Waals surface area contributed by atoms with E-state index in [2.05, 4.69) is 25.9 Å². The number of rotatable bonds is 3. The van der Waals surface area contributed by atoms with E-state index in [0.29, 0.717) is 11.3 Å². The molecule has 0 radical (unpaired) electrons. The van der Waals surface area contributed by atoms with Crippen molar-refractivity contribution in [3.63, 3.8) is 0 Å². The fourth-order valence-electron chi connectivity index (χ4n) is 1.22. The van der Waals surface area contributed by atoms with Gasteiger partial charge in [-0.05, 0) is 47.1 Å². The second kappa shape index (κ2) is 5.05. The standard InChI is InChI=1S/C12H9BrN2O2/c1-8(16)9-2-4-11(5-3-9)17-12-14-6-10(13)7-15-12/h2-7H,1H3. The van der Waals surface area contributed by atoms with Crippen molar-refractivity contribution in [2.75, 3.05) is 0 Å². The Morgan fingerprint density at radius 3 is 2.29 bits per heavy atom. The number of hydrogen-bond acceptors (Lipinski definition) is 4. The smallest absolute Gasteiger partial charge is 0.321 e. The number of Topliss-reactive ketones (excluding diaryl/α,β-unsaturated/α-hetero) is 1. The van der Waals surface area contributed by atoms with Gasteiger partial charge in [0.25, 0.3) is 0 Å². The maximum Gasteiger partial charge on any atom is 0.321 e. The van der Waals surface area contributed by atoms with E-state index >= 15 is 0 Å². The number of ketones is 1. The van der Waals surface area contributed by atoms with Gasteiger partial charge in [0.05, 0.1) is 4.47 Å². The molecule has 0 bridgehead atoms. The Balaban J connectivity index is 2.13. The summed E-state index contributed by atoms with van der Waals surface area (Å²) in [5.41, 5.74) is 0.647. The maximum atomic E-state index is 11.1. The molecule has 0 aliphatic rings. The van der Waals surface area contributed by atoms with E-state index in [4.69, 9.17) is 4.74 Å². The normalized spacial score (nSPS) is 10.0. The first-order valence-electron chi connectivity index (χ1n) is 4.91. The molecule has 1 aromatic heterocycles. The van der Waals surface area contributed by atoms with E-state index in [-0.39, 0.29) is 11.8 Å². The van der Waals surface area contributed by atoms with Gasteiger partial charge in [0.2, 0.25) is 0 Å². The Labute approximate surface area is 107 Å². The first-order valence-corrected chi connectivity index (χ1v) is 5.71. The third-order valence-electron chi connectivity index (χ3n) is 2.07. The van der Waals surface area contributed by atoms with Crippen molar-refractivity contribution in [1.29, 1.82) is 0 Å². The van der Waals surface area contributed by atoms with Crippen molar-refractivity contribution >= 4 is 21.7 Å². The van der Waals surface area contributed by atoms with Gasteiger partial charge in [-0.2, -0.15) is 0 Å². The molecular formula is C12H9BrN2O2. The quantitative estimate of drug-likeness (QED) is 0.815. The predicted octanol–water partition coefficient (Wildman–Crippen LogP) is 3.23. The van der Waals surface area contributed by atoms with Crippen molar-refractivity contribution in [3.05, 3.63) is 46.7 Å². The molecule has 0 N–H and O–H groups in total. The highest BCUT2D eigenvalue weighted by Gasteiger charge is 2.02. The summed E-state index contributed by atoms with van der Waals surface area (Å²) in [6.07, 6.45) is 3.21. The molecule has 0 saturated heterocycles. The molecule has 0 atom stereocenters. The van der Waals surface area contributed by atoms with E-state index in [1.165, 1.54) is 6.92 Å². The van der Waals surface area contributed by atoms with Gasteiger partial charge in [-0.1, -0.05) is 0 Å². The van der Waals surface area contributed by atoms with E-state index in [1.807, 2.05) is 0 Å². The number of carbonyl (C=O) groups excluding carboxylic acids is 1. The summed E-state index contributed by atoms with van der Waals surface area (Å²) >= 11 is 3.24. The molecule has 0 amide bonds. The van der Waals surface area contributed by atoms with Crippen LogP contribution in [0.15, 0.2) is 41.1 Å². The highest BCUT2D eigenvalue weighted by Crippen LogP contribution is 2.18. The summed E-state index contributed by atoms with van der Waals surface area (Å²) in [5.74, 6) is 0.619. The lowest BCUT2D eigenvalue weighted by Crippen LogP contribution is -1.93. The molecule has 0 saturated carbocycles. The molecular weight excluding hydrogens is 284 g/mol. The predicted molar refractivity (Wildman–Crippen MR) is 66.3 cm³/mol. The Bertz CT molecular complexity index is 523. The van der Waals surface area contributed by atoms with Gasteiger partial charge in [0.15, 0.2) is 5.78 Å². The SMILES string of the molecule is CC(=O)c1ccc(Oc2ncc(Br)cn2)cc1. The molecule has 0 aliphatic heterocycles. The molecule has 0 unspecified atom stereocenters. The minimum absolute atomic E-state index is 0.0245. The highest BCUT2D eigenvalue weighted by molar-refractivity contribution is 9.10. The lowest BCUT2D eigenvalue weighted by Gasteiger charge is -2.03. The Hall–Kier alpha value is -1.75. The van der Waals surface area contributed by atoms with Crippen molar-refractivity contribution in [3.8, 4) is 11.8 Å². The van der Waals surface area contributed by atoms with Gasteiger partial charge in [0, 0.05) is 18.0 Å². The molecule has 4 nitrogen and oxygen atoms in total.